The van der Waals surface area contributed by atoms with Crippen molar-refractivity contribution >= 4 is 12.6 Å². The molecule has 1 aliphatic carbocycles. The molecule has 0 nitrogen and oxygen atoms in total. The average Bonchev–Trinajstić information content (AvgIpc) is 1.88. The maximum atomic E-state index is 4.53. The van der Waals surface area contributed by atoms with E-state index in [1.165, 1.54) is 31.3 Å². The van der Waals surface area contributed by atoms with E-state index in [9.17, 15) is 0 Å². The first kappa shape index (κ1) is 8.19. The van der Waals surface area contributed by atoms with Crippen molar-refractivity contribution in [1.29, 1.82) is 0 Å². The highest BCUT2D eigenvalue weighted by molar-refractivity contribution is 7.82. The Hall–Kier alpha value is 0.0900. The molecule has 10 heavy (non-hydrogen) atoms. The van der Waals surface area contributed by atoms with Crippen LogP contribution in [-0.4, -0.2) is 4.75 Å². The lowest BCUT2D eigenvalue weighted by Gasteiger charge is -2.24. The fourth-order valence-corrected chi connectivity index (χ4v) is 1.60. The largest absolute Gasteiger partial charge is 0.169 e. The van der Waals surface area contributed by atoms with Gasteiger partial charge in [-0.1, -0.05) is 11.6 Å². The van der Waals surface area contributed by atoms with Crippen molar-refractivity contribution < 1.29 is 0 Å². The maximum absolute atomic E-state index is 4.53. The molecule has 0 fully saturated rings. The lowest BCUT2D eigenvalue weighted by Crippen LogP contribution is -2.15. The van der Waals surface area contributed by atoms with Crippen molar-refractivity contribution in [2.45, 2.75) is 44.3 Å². The van der Waals surface area contributed by atoms with Crippen LogP contribution in [0.2, 0.25) is 0 Å². The van der Waals surface area contributed by atoms with Gasteiger partial charge in [-0.15, -0.1) is 0 Å². The topological polar surface area (TPSA) is 0 Å². The molecule has 0 spiro atoms. The van der Waals surface area contributed by atoms with Gasteiger partial charge in [0.25, 0.3) is 0 Å². The van der Waals surface area contributed by atoms with E-state index in [1.807, 2.05) is 0 Å². The fourth-order valence-electron chi connectivity index (χ4n) is 1.39. The minimum atomic E-state index is 0.125. The first-order chi connectivity index (χ1) is 4.61. The minimum absolute atomic E-state index is 0.125. The van der Waals surface area contributed by atoms with Crippen LogP contribution in [0.1, 0.15) is 39.5 Å². The Balaban J connectivity index is 2.62. The molecule has 0 bridgehead atoms. The van der Waals surface area contributed by atoms with Crippen LogP contribution in [0.25, 0.3) is 0 Å². The summed E-state index contributed by atoms with van der Waals surface area (Å²) in [6, 6.07) is 0. The lowest BCUT2D eigenvalue weighted by atomic mass is 9.91. The summed E-state index contributed by atoms with van der Waals surface area (Å²) in [4.78, 5) is 0. The van der Waals surface area contributed by atoms with E-state index >= 15 is 0 Å². The zero-order valence-electron chi connectivity index (χ0n) is 6.85. The van der Waals surface area contributed by atoms with Gasteiger partial charge < -0.3 is 0 Å². The Morgan fingerprint density at radius 2 is 2.10 bits per heavy atom. The SMILES string of the molecule is CC(C)(S)C1=CCCCC1. The molecule has 0 aromatic rings. The Kier molecular flexibility index (Phi) is 2.45. The van der Waals surface area contributed by atoms with Gasteiger partial charge in [0.2, 0.25) is 0 Å². The summed E-state index contributed by atoms with van der Waals surface area (Å²) in [5.41, 5.74) is 1.53. The third-order valence-corrected chi connectivity index (χ3v) is 2.36. The molecule has 0 saturated heterocycles. The summed E-state index contributed by atoms with van der Waals surface area (Å²) in [5.74, 6) is 0. The summed E-state index contributed by atoms with van der Waals surface area (Å²) >= 11 is 4.53. The highest BCUT2D eigenvalue weighted by Crippen LogP contribution is 2.31. The van der Waals surface area contributed by atoms with Gasteiger partial charge in [0.05, 0.1) is 0 Å². The van der Waals surface area contributed by atoms with Gasteiger partial charge in [-0.25, -0.2) is 0 Å². The van der Waals surface area contributed by atoms with Crippen molar-refractivity contribution in [3.63, 3.8) is 0 Å². The summed E-state index contributed by atoms with van der Waals surface area (Å²) in [5, 5.41) is 0. The average molecular weight is 156 g/mol. The summed E-state index contributed by atoms with van der Waals surface area (Å²) < 4.78 is 0.125. The van der Waals surface area contributed by atoms with Crippen molar-refractivity contribution in [1.82, 2.24) is 0 Å². The molecule has 0 amide bonds. The maximum Gasteiger partial charge on any atom is 0.0281 e. The zero-order valence-corrected chi connectivity index (χ0v) is 7.75. The summed E-state index contributed by atoms with van der Waals surface area (Å²) in [6.07, 6.45) is 7.61. The van der Waals surface area contributed by atoms with Gasteiger partial charge in [0.1, 0.15) is 0 Å². The molecule has 0 radical (unpaired) electrons. The van der Waals surface area contributed by atoms with E-state index in [4.69, 9.17) is 0 Å². The molecule has 58 valence electrons. The quantitative estimate of drug-likeness (QED) is 0.437. The van der Waals surface area contributed by atoms with Crippen molar-refractivity contribution in [3.05, 3.63) is 11.6 Å². The molecule has 0 heterocycles. The monoisotopic (exact) mass is 156 g/mol. The van der Waals surface area contributed by atoms with Gasteiger partial charge in [-0.3, -0.25) is 0 Å². The van der Waals surface area contributed by atoms with E-state index in [-0.39, 0.29) is 4.75 Å². The van der Waals surface area contributed by atoms with E-state index < -0.39 is 0 Å². The molecule has 0 aromatic carbocycles. The molecular formula is C9H16S. The van der Waals surface area contributed by atoms with Gasteiger partial charge in [0.15, 0.2) is 0 Å². The lowest BCUT2D eigenvalue weighted by molar-refractivity contribution is 0.646. The van der Waals surface area contributed by atoms with Crippen LogP contribution in [0, 0.1) is 0 Å². The Labute approximate surface area is 69.1 Å². The predicted octanol–water partition coefficient (Wildman–Crippen LogP) is 3.20. The van der Waals surface area contributed by atoms with Crippen LogP contribution in [0.3, 0.4) is 0 Å². The molecule has 0 atom stereocenters. The number of thiol groups is 1. The van der Waals surface area contributed by atoms with Crippen molar-refractivity contribution in [2.75, 3.05) is 0 Å². The molecular weight excluding hydrogens is 140 g/mol. The normalized spacial score (nSPS) is 20.5. The van der Waals surface area contributed by atoms with E-state index in [0.717, 1.165) is 0 Å². The third-order valence-electron chi connectivity index (χ3n) is 2.08. The molecule has 0 aliphatic heterocycles. The van der Waals surface area contributed by atoms with Crippen LogP contribution in [0.4, 0.5) is 0 Å². The molecule has 0 saturated carbocycles. The minimum Gasteiger partial charge on any atom is -0.169 e. The van der Waals surface area contributed by atoms with Gasteiger partial charge >= 0.3 is 0 Å². The molecule has 0 N–H and O–H groups in total. The summed E-state index contributed by atoms with van der Waals surface area (Å²) in [6.45, 7) is 4.35. The van der Waals surface area contributed by atoms with Crippen LogP contribution in [-0.2, 0) is 0 Å². The Morgan fingerprint density at radius 1 is 1.40 bits per heavy atom. The molecule has 1 aliphatic rings. The number of allylic oxidation sites excluding steroid dienone is 1. The third kappa shape index (κ3) is 2.05. The molecule has 1 rings (SSSR count). The van der Waals surface area contributed by atoms with Gasteiger partial charge in [-0.05, 0) is 39.5 Å². The van der Waals surface area contributed by atoms with Gasteiger partial charge in [0, 0.05) is 4.75 Å². The van der Waals surface area contributed by atoms with E-state index in [0.29, 0.717) is 0 Å². The van der Waals surface area contributed by atoms with E-state index in [1.54, 1.807) is 0 Å². The number of rotatable bonds is 1. The number of hydrogen-bond acceptors (Lipinski definition) is 1. The first-order valence-corrected chi connectivity index (χ1v) is 4.47. The first-order valence-electron chi connectivity index (χ1n) is 4.02. The van der Waals surface area contributed by atoms with Crippen LogP contribution in [0.5, 0.6) is 0 Å². The van der Waals surface area contributed by atoms with Crippen LogP contribution < -0.4 is 0 Å². The fraction of sp³-hybridized carbons (Fsp3) is 0.778. The highest BCUT2D eigenvalue weighted by atomic mass is 32.1. The molecule has 1 heteroatoms. The Morgan fingerprint density at radius 3 is 2.40 bits per heavy atom. The molecule has 0 unspecified atom stereocenters. The van der Waals surface area contributed by atoms with Gasteiger partial charge in [-0.2, -0.15) is 12.6 Å². The van der Waals surface area contributed by atoms with Crippen LogP contribution >= 0.6 is 12.6 Å². The standard InChI is InChI=1S/C9H16S/c1-9(2,10)8-6-4-3-5-7-8/h6,10H,3-5,7H2,1-2H3. The second-order valence-electron chi connectivity index (χ2n) is 3.53. The predicted molar refractivity (Wildman–Crippen MR) is 49.6 cm³/mol. The summed E-state index contributed by atoms with van der Waals surface area (Å²) in [7, 11) is 0. The zero-order chi connectivity index (χ0) is 7.61. The van der Waals surface area contributed by atoms with Crippen molar-refractivity contribution in [2.24, 2.45) is 0 Å². The second kappa shape index (κ2) is 3.00. The smallest absolute Gasteiger partial charge is 0.0281 e. The van der Waals surface area contributed by atoms with Crippen molar-refractivity contribution in [3.8, 4) is 0 Å². The number of hydrogen-bond donors (Lipinski definition) is 1. The Bertz CT molecular complexity index is 139. The second-order valence-corrected chi connectivity index (χ2v) is 4.65. The molecule has 0 aromatic heterocycles. The van der Waals surface area contributed by atoms with E-state index in [2.05, 4.69) is 32.6 Å². The highest BCUT2D eigenvalue weighted by Gasteiger charge is 2.18. The van der Waals surface area contributed by atoms with Crippen LogP contribution in [0.15, 0.2) is 11.6 Å².